The maximum Gasteiger partial charge on any atom is 0.0482 e. The molecule has 0 atom stereocenters. The van der Waals surface area contributed by atoms with Crippen LogP contribution in [0.1, 0.15) is 39.5 Å². The quantitative estimate of drug-likeness (QED) is 0.645. The molecule has 0 spiro atoms. The second-order valence-corrected chi connectivity index (χ2v) is 4.68. The number of hydrogen-bond acceptors (Lipinski definition) is 2. The van der Waals surface area contributed by atoms with Gasteiger partial charge in [-0.25, -0.2) is 0 Å². The summed E-state index contributed by atoms with van der Waals surface area (Å²) in [5.74, 6) is 0. The number of rotatable bonds is 4. The predicted molar refractivity (Wildman–Crippen MR) is 46.3 cm³/mol. The molecule has 0 saturated heterocycles. The molecule has 2 nitrogen and oxygen atoms in total. The molecular formula is C9H19NO. The van der Waals surface area contributed by atoms with Crippen LogP contribution in [-0.4, -0.2) is 17.3 Å². The third-order valence-corrected chi connectivity index (χ3v) is 2.62. The Morgan fingerprint density at radius 1 is 1.45 bits per heavy atom. The summed E-state index contributed by atoms with van der Waals surface area (Å²) in [6.45, 7) is 4.43. The van der Waals surface area contributed by atoms with Gasteiger partial charge in [0.25, 0.3) is 0 Å². The van der Waals surface area contributed by atoms with Gasteiger partial charge in [0.15, 0.2) is 0 Å². The molecule has 0 aromatic heterocycles. The Hall–Kier alpha value is -0.0800. The fourth-order valence-electron chi connectivity index (χ4n) is 1.08. The molecule has 1 rings (SSSR count). The summed E-state index contributed by atoms with van der Waals surface area (Å²) < 4.78 is 0. The standard InChI is InChI=1S/C9H19NO/c1-8(2,7-11)3-4-9(10)5-6-9/h11H,3-7,10H2,1-2H3. The van der Waals surface area contributed by atoms with Crippen molar-refractivity contribution in [3.05, 3.63) is 0 Å². The summed E-state index contributed by atoms with van der Waals surface area (Å²) in [4.78, 5) is 0. The molecule has 0 bridgehead atoms. The Bertz CT molecular complexity index is 138. The number of nitrogens with two attached hydrogens (primary N) is 1. The first-order chi connectivity index (χ1) is 4.97. The lowest BCUT2D eigenvalue weighted by atomic mass is 9.87. The molecule has 0 radical (unpaired) electrons. The number of aliphatic hydroxyl groups excluding tert-OH is 1. The Kier molecular flexibility index (Phi) is 2.26. The summed E-state index contributed by atoms with van der Waals surface area (Å²) >= 11 is 0. The van der Waals surface area contributed by atoms with Crippen LogP contribution in [0.2, 0.25) is 0 Å². The van der Waals surface area contributed by atoms with Crippen molar-refractivity contribution in [2.24, 2.45) is 11.1 Å². The molecule has 1 fully saturated rings. The first-order valence-corrected chi connectivity index (χ1v) is 4.37. The van der Waals surface area contributed by atoms with Crippen molar-refractivity contribution < 1.29 is 5.11 Å². The van der Waals surface area contributed by atoms with E-state index in [1.165, 1.54) is 12.8 Å². The maximum absolute atomic E-state index is 8.97. The number of aliphatic hydroxyl groups is 1. The first-order valence-electron chi connectivity index (χ1n) is 4.37. The van der Waals surface area contributed by atoms with E-state index in [1.807, 2.05) is 0 Å². The van der Waals surface area contributed by atoms with Gasteiger partial charge >= 0.3 is 0 Å². The van der Waals surface area contributed by atoms with Crippen molar-refractivity contribution in [1.29, 1.82) is 0 Å². The van der Waals surface area contributed by atoms with E-state index in [2.05, 4.69) is 13.8 Å². The van der Waals surface area contributed by atoms with E-state index in [9.17, 15) is 0 Å². The number of hydrogen-bond donors (Lipinski definition) is 2. The van der Waals surface area contributed by atoms with Gasteiger partial charge in [-0.15, -0.1) is 0 Å². The van der Waals surface area contributed by atoms with Gasteiger partial charge < -0.3 is 10.8 Å². The zero-order chi connectivity index (χ0) is 8.54. The SMILES string of the molecule is CC(C)(CO)CCC1(N)CC1. The van der Waals surface area contributed by atoms with Gasteiger partial charge in [-0.05, 0) is 31.1 Å². The highest BCUT2D eigenvalue weighted by Gasteiger charge is 2.38. The topological polar surface area (TPSA) is 46.2 Å². The third-order valence-electron chi connectivity index (χ3n) is 2.62. The second kappa shape index (κ2) is 2.76. The fraction of sp³-hybridized carbons (Fsp3) is 1.00. The van der Waals surface area contributed by atoms with Gasteiger partial charge in [-0.2, -0.15) is 0 Å². The minimum absolute atomic E-state index is 0.0644. The molecule has 1 aliphatic rings. The average Bonchev–Trinajstić information content (AvgIpc) is 2.66. The van der Waals surface area contributed by atoms with E-state index in [-0.39, 0.29) is 17.6 Å². The van der Waals surface area contributed by atoms with E-state index >= 15 is 0 Å². The van der Waals surface area contributed by atoms with Crippen LogP contribution in [0.4, 0.5) is 0 Å². The highest BCUT2D eigenvalue weighted by atomic mass is 16.3. The smallest absolute Gasteiger partial charge is 0.0482 e. The lowest BCUT2D eigenvalue weighted by Crippen LogP contribution is -2.26. The van der Waals surface area contributed by atoms with Gasteiger partial charge in [0.05, 0.1) is 0 Å². The molecule has 0 aliphatic heterocycles. The fourth-order valence-corrected chi connectivity index (χ4v) is 1.08. The summed E-state index contributed by atoms with van der Waals surface area (Å²) in [5, 5.41) is 8.97. The average molecular weight is 157 g/mol. The Morgan fingerprint density at radius 2 is 2.00 bits per heavy atom. The summed E-state index contributed by atoms with van der Waals surface area (Å²) in [7, 11) is 0. The minimum atomic E-state index is 0.0644. The largest absolute Gasteiger partial charge is 0.396 e. The molecule has 1 saturated carbocycles. The lowest BCUT2D eigenvalue weighted by molar-refractivity contribution is 0.144. The maximum atomic E-state index is 8.97. The zero-order valence-electron chi connectivity index (χ0n) is 7.56. The molecule has 0 aromatic carbocycles. The molecular weight excluding hydrogens is 138 g/mol. The second-order valence-electron chi connectivity index (χ2n) is 4.68. The molecule has 1 aliphatic carbocycles. The van der Waals surface area contributed by atoms with E-state index in [1.54, 1.807) is 0 Å². The van der Waals surface area contributed by atoms with Gasteiger partial charge in [0, 0.05) is 12.1 Å². The molecule has 11 heavy (non-hydrogen) atoms. The molecule has 3 N–H and O–H groups in total. The molecule has 0 heterocycles. The van der Waals surface area contributed by atoms with Gasteiger partial charge in [-0.1, -0.05) is 13.8 Å². The van der Waals surface area contributed by atoms with Crippen LogP contribution in [0.5, 0.6) is 0 Å². The third kappa shape index (κ3) is 2.80. The van der Waals surface area contributed by atoms with E-state index < -0.39 is 0 Å². The van der Waals surface area contributed by atoms with Crippen LogP contribution in [0.15, 0.2) is 0 Å². The molecule has 0 aromatic rings. The van der Waals surface area contributed by atoms with Crippen LogP contribution >= 0.6 is 0 Å². The summed E-state index contributed by atoms with van der Waals surface area (Å²) in [5.41, 5.74) is 6.14. The molecule has 2 heteroatoms. The zero-order valence-corrected chi connectivity index (χ0v) is 7.56. The van der Waals surface area contributed by atoms with Crippen molar-refractivity contribution in [2.75, 3.05) is 6.61 Å². The van der Waals surface area contributed by atoms with Crippen LogP contribution < -0.4 is 5.73 Å². The monoisotopic (exact) mass is 157 g/mol. The van der Waals surface area contributed by atoms with Crippen LogP contribution in [0.3, 0.4) is 0 Å². The van der Waals surface area contributed by atoms with Crippen molar-refractivity contribution in [2.45, 2.75) is 45.1 Å². The van der Waals surface area contributed by atoms with Crippen molar-refractivity contribution in [3.63, 3.8) is 0 Å². The highest BCUT2D eigenvalue weighted by molar-refractivity contribution is 4.99. The van der Waals surface area contributed by atoms with E-state index in [4.69, 9.17) is 10.8 Å². The van der Waals surface area contributed by atoms with Crippen LogP contribution in [0.25, 0.3) is 0 Å². The predicted octanol–water partition coefficient (Wildman–Crippen LogP) is 1.28. The van der Waals surface area contributed by atoms with Crippen molar-refractivity contribution >= 4 is 0 Å². The molecule has 0 unspecified atom stereocenters. The normalized spacial score (nSPS) is 21.8. The minimum Gasteiger partial charge on any atom is -0.396 e. The van der Waals surface area contributed by atoms with E-state index in [0.717, 1.165) is 12.8 Å². The highest BCUT2D eigenvalue weighted by Crippen LogP contribution is 2.39. The van der Waals surface area contributed by atoms with Gasteiger partial charge in [0.1, 0.15) is 0 Å². The molecule has 0 amide bonds. The van der Waals surface area contributed by atoms with Crippen LogP contribution in [-0.2, 0) is 0 Å². The lowest BCUT2D eigenvalue weighted by Gasteiger charge is -2.23. The van der Waals surface area contributed by atoms with Gasteiger partial charge in [-0.3, -0.25) is 0 Å². The summed E-state index contributed by atoms with van der Waals surface area (Å²) in [6.07, 6.45) is 4.46. The van der Waals surface area contributed by atoms with Crippen molar-refractivity contribution in [3.8, 4) is 0 Å². The summed E-state index contributed by atoms with van der Waals surface area (Å²) in [6, 6.07) is 0. The van der Waals surface area contributed by atoms with Gasteiger partial charge in [0.2, 0.25) is 0 Å². The van der Waals surface area contributed by atoms with E-state index in [0.29, 0.717) is 0 Å². The molecule has 66 valence electrons. The van der Waals surface area contributed by atoms with Crippen LogP contribution in [0, 0.1) is 5.41 Å². The first kappa shape index (κ1) is 9.01. The Morgan fingerprint density at radius 3 is 2.36 bits per heavy atom. The van der Waals surface area contributed by atoms with Crippen molar-refractivity contribution in [1.82, 2.24) is 0 Å². The Balaban J connectivity index is 2.20. The Labute approximate surface area is 68.8 Å².